The van der Waals surface area contributed by atoms with Crippen molar-refractivity contribution in [3.8, 4) is 5.75 Å². The Kier molecular flexibility index (Phi) is 4.81. The summed E-state index contributed by atoms with van der Waals surface area (Å²) in [5, 5.41) is 9.33. The Balaban J connectivity index is 1.39. The molecule has 140 valence electrons. The lowest BCUT2D eigenvalue weighted by Gasteiger charge is -2.22. The second kappa shape index (κ2) is 7.40. The third-order valence-electron chi connectivity index (χ3n) is 5.13. The molecule has 6 nitrogen and oxygen atoms in total. The molecule has 0 radical (unpaired) electrons. The summed E-state index contributed by atoms with van der Waals surface area (Å²) < 4.78 is 5.73. The maximum atomic E-state index is 12.7. The highest BCUT2D eigenvalue weighted by Crippen LogP contribution is 2.26. The SMILES string of the molecule is O=C(CCN1Cc2ccccc2C1=O)N1CCOc2ccc(CO)cc2C1. The summed E-state index contributed by atoms with van der Waals surface area (Å²) in [5.74, 6) is 0.757. The zero-order chi connectivity index (χ0) is 18.8. The summed E-state index contributed by atoms with van der Waals surface area (Å²) in [6.45, 7) is 2.33. The minimum Gasteiger partial charge on any atom is -0.491 e. The highest BCUT2D eigenvalue weighted by molar-refractivity contribution is 5.98. The third kappa shape index (κ3) is 3.53. The first-order chi connectivity index (χ1) is 13.2. The largest absolute Gasteiger partial charge is 0.491 e. The average Bonchev–Trinajstić information content (AvgIpc) is 2.88. The molecule has 2 aliphatic rings. The van der Waals surface area contributed by atoms with Crippen LogP contribution in [0.1, 0.15) is 33.5 Å². The number of hydrogen-bond donors (Lipinski definition) is 1. The van der Waals surface area contributed by atoms with Crippen molar-refractivity contribution in [2.24, 2.45) is 0 Å². The summed E-state index contributed by atoms with van der Waals surface area (Å²) in [6, 6.07) is 13.1. The van der Waals surface area contributed by atoms with Crippen LogP contribution in [0.4, 0.5) is 0 Å². The predicted octanol–water partition coefficient (Wildman–Crippen LogP) is 1.95. The summed E-state index contributed by atoms with van der Waals surface area (Å²) in [4.78, 5) is 28.7. The number of rotatable bonds is 4. The molecular formula is C21H22N2O4. The van der Waals surface area contributed by atoms with E-state index in [1.54, 1.807) is 9.80 Å². The van der Waals surface area contributed by atoms with Gasteiger partial charge in [0.1, 0.15) is 12.4 Å². The Labute approximate surface area is 158 Å². The van der Waals surface area contributed by atoms with E-state index in [0.717, 1.165) is 28.0 Å². The first-order valence-electron chi connectivity index (χ1n) is 9.16. The number of ether oxygens (including phenoxy) is 1. The molecule has 2 amide bonds. The summed E-state index contributed by atoms with van der Waals surface area (Å²) in [5.41, 5.74) is 3.45. The van der Waals surface area contributed by atoms with Crippen molar-refractivity contribution in [2.75, 3.05) is 19.7 Å². The molecule has 0 unspecified atom stereocenters. The molecule has 0 atom stereocenters. The lowest BCUT2D eigenvalue weighted by Crippen LogP contribution is -2.35. The second-order valence-electron chi connectivity index (χ2n) is 6.90. The topological polar surface area (TPSA) is 70.1 Å². The van der Waals surface area contributed by atoms with Gasteiger partial charge in [0.2, 0.25) is 5.91 Å². The quantitative estimate of drug-likeness (QED) is 0.898. The van der Waals surface area contributed by atoms with Gasteiger partial charge in [0.05, 0.1) is 13.2 Å². The van der Waals surface area contributed by atoms with E-state index in [1.165, 1.54) is 0 Å². The molecule has 1 N–H and O–H groups in total. The van der Waals surface area contributed by atoms with Crippen molar-refractivity contribution in [1.29, 1.82) is 0 Å². The zero-order valence-electron chi connectivity index (χ0n) is 15.1. The molecule has 0 aromatic heterocycles. The van der Waals surface area contributed by atoms with Crippen LogP contribution in [0.5, 0.6) is 5.75 Å². The van der Waals surface area contributed by atoms with E-state index in [2.05, 4.69) is 0 Å². The fourth-order valence-corrected chi connectivity index (χ4v) is 3.64. The second-order valence-corrected chi connectivity index (χ2v) is 6.90. The Hall–Kier alpha value is -2.86. The first kappa shape index (κ1) is 17.5. The molecule has 0 bridgehead atoms. The highest BCUT2D eigenvalue weighted by atomic mass is 16.5. The normalized spacial score (nSPS) is 15.8. The van der Waals surface area contributed by atoms with Crippen LogP contribution >= 0.6 is 0 Å². The van der Waals surface area contributed by atoms with Gasteiger partial charge in [-0.1, -0.05) is 24.3 Å². The van der Waals surface area contributed by atoms with Gasteiger partial charge in [-0.25, -0.2) is 0 Å². The number of fused-ring (bicyclic) bond motifs is 2. The molecule has 4 rings (SSSR count). The maximum Gasteiger partial charge on any atom is 0.254 e. The van der Waals surface area contributed by atoms with E-state index >= 15 is 0 Å². The van der Waals surface area contributed by atoms with Crippen molar-refractivity contribution in [2.45, 2.75) is 26.1 Å². The standard InChI is InChI=1S/C21H22N2O4/c24-14-15-5-6-19-17(11-15)13-22(9-10-27-19)20(25)7-8-23-12-16-3-1-2-4-18(16)21(23)26/h1-6,11,24H,7-10,12-14H2. The Morgan fingerprint density at radius 1 is 1.11 bits per heavy atom. The lowest BCUT2D eigenvalue weighted by molar-refractivity contribution is -0.132. The molecule has 0 spiro atoms. The highest BCUT2D eigenvalue weighted by Gasteiger charge is 2.28. The Morgan fingerprint density at radius 2 is 1.96 bits per heavy atom. The van der Waals surface area contributed by atoms with Crippen LogP contribution in [0, 0.1) is 0 Å². The minimum atomic E-state index is -0.0428. The van der Waals surface area contributed by atoms with E-state index in [0.29, 0.717) is 32.8 Å². The summed E-state index contributed by atoms with van der Waals surface area (Å²) in [7, 11) is 0. The number of carbonyl (C=O) groups is 2. The minimum absolute atomic E-state index is 0.00414. The molecule has 0 saturated carbocycles. The fraction of sp³-hybridized carbons (Fsp3) is 0.333. The maximum absolute atomic E-state index is 12.7. The first-order valence-corrected chi connectivity index (χ1v) is 9.16. The molecule has 0 fully saturated rings. The average molecular weight is 366 g/mol. The molecule has 0 saturated heterocycles. The van der Waals surface area contributed by atoms with Crippen LogP contribution in [-0.4, -0.2) is 46.4 Å². The molecule has 2 aromatic carbocycles. The van der Waals surface area contributed by atoms with Crippen molar-refractivity contribution >= 4 is 11.8 Å². The van der Waals surface area contributed by atoms with E-state index in [-0.39, 0.29) is 24.8 Å². The van der Waals surface area contributed by atoms with Crippen LogP contribution < -0.4 is 4.74 Å². The van der Waals surface area contributed by atoms with Gasteiger partial charge >= 0.3 is 0 Å². The van der Waals surface area contributed by atoms with E-state index < -0.39 is 0 Å². The van der Waals surface area contributed by atoms with Crippen molar-refractivity contribution in [1.82, 2.24) is 9.80 Å². The third-order valence-corrected chi connectivity index (χ3v) is 5.13. The van der Waals surface area contributed by atoms with Crippen molar-refractivity contribution in [3.05, 3.63) is 64.7 Å². The number of nitrogens with zero attached hydrogens (tertiary/aromatic N) is 2. The number of benzene rings is 2. The molecule has 6 heteroatoms. The molecule has 27 heavy (non-hydrogen) atoms. The number of aliphatic hydroxyl groups excluding tert-OH is 1. The van der Waals surface area contributed by atoms with Gasteiger partial charge in [0, 0.05) is 37.2 Å². The smallest absolute Gasteiger partial charge is 0.254 e. The number of carbonyl (C=O) groups excluding carboxylic acids is 2. The van der Waals surface area contributed by atoms with Crippen molar-refractivity contribution < 1.29 is 19.4 Å². The van der Waals surface area contributed by atoms with Crippen LogP contribution in [-0.2, 0) is 24.5 Å². The zero-order valence-corrected chi connectivity index (χ0v) is 15.1. The Morgan fingerprint density at radius 3 is 2.78 bits per heavy atom. The van der Waals surface area contributed by atoms with Gasteiger partial charge in [-0.15, -0.1) is 0 Å². The van der Waals surface area contributed by atoms with Gasteiger partial charge in [-0.3, -0.25) is 9.59 Å². The summed E-state index contributed by atoms with van der Waals surface area (Å²) >= 11 is 0. The predicted molar refractivity (Wildman–Crippen MR) is 99.1 cm³/mol. The molecular weight excluding hydrogens is 344 g/mol. The van der Waals surface area contributed by atoms with E-state index in [1.807, 2.05) is 42.5 Å². The molecule has 0 aliphatic carbocycles. The fourth-order valence-electron chi connectivity index (χ4n) is 3.64. The van der Waals surface area contributed by atoms with Crippen LogP contribution in [0.15, 0.2) is 42.5 Å². The van der Waals surface area contributed by atoms with Gasteiger partial charge in [0.15, 0.2) is 0 Å². The summed E-state index contributed by atoms with van der Waals surface area (Å²) in [6.07, 6.45) is 0.286. The molecule has 2 aliphatic heterocycles. The van der Waals surface area contributed by atoms with E-state index in [9.17, 15) is 14.7 Å². The van der Waals surface area contributed by atoms with Gasteiger partial charge in [-0.2, -0.15) is 0 Å². The van der Waals surface area contributed by atoms with E-state index in [4.69, 9.17) is 4.74 Å². The van der Waals surface area contributed by atoms with Crippen LogP contribution in [0.25, 0.3) is 0 Å². The van der Waals surface area contributed by atoms with Gasteiger partial charge < -0.3 is 19.6 Å². The number of hydrogen-bond acceptors (Lipinski definition) is 4. The lowest BCUT2D eigenvalue weighted by atomic mass is 10.1. The van der Waals surface area contributed by atoms with Gasteiger partial charge in [0.25, 0.3) is 5.91 Å². The van der Waals surface area contributed by atoms with Crippen LogP contribution in [0.2, 0.25) is 0 Å². The molecule has 2 heterocycles. The number of aliphatic hydroxyl groups is 1. The van der Waals surface area contributed by atoms with Gasteiger partial charge in [-0.05, 0) is 29.3 Å². The Bertz CT molecular complexity index is 880. The van der Waals surface area contributed by atoms with Crippen molar-refractivity contribution in [3.63, 3.8) is 0 Å². The van der Waals surface area contributed by atoms with Crippen LogP contribution in [0.3, 0.4) is 0 Å². The number of amides is 2. The molecule has 2 aromatic rings. The monoisotopic (exact) mass is 366 g/mol.